The number of para-hydroxylation sites is 3. The van der Waals surface area contributed by atoms with Crippen molar-refractivity contribution in [3.05, 3.63) is 120 Å². The Kier molecular flexibility index (Phi) is 12.1. The first-order chi connectivity index (χ1) is 21.9. The van der Waals surface area contributed by atoms with Gasteiger partial charge in [0.15, 0.2) is 5.78 Å². The van der Waals surface area contributed by atoms with Crippen molar-refractivity contribution < 1.29 is 28.6 Å². The number of hydrogen-bond donors (Lipinski definition) is 1. The highest BCUT2D eigenvalue weighted by atomic mass is 16.5. The van der Waals surface area contributed by atoms with Crippen LogP contribution in [0.4, 0.5) is 11.4 Å². The van der Waals surface area contributed by atoms with Gasteiger partial charge < -0.3 is 24.4 Å². The predicted molar refractivity (Wildman–Crippen MR) is 176 cm³/mol. The molecule has 0 spiro atoms. The highest BCUT2D eigenvalue weighted by molar-refractivity contribution is 6.12. The van der Waals surface area contributed by atoms with Crippen LogP contribution in [0.3, 0.4) is 0 Å². The maximum absolute atomic E-state index is 13.2. The van der Waals surface area contributed by atoms with Crippen molar-refractivity contribution in [2.24, 2.45) is 0 Å². The molecule has 1 atom stereocenters. The highest BCUT2D eigenvalue weighted by Crippen LogP contribution is 2.29. The third-order valence-electron chi connectivity index (χ3n) is 7.32. The molecule has 4 aromatic carbocycles. The van der Waals surface area contributed by atoms with Crippen molar-refractivity contribution in [1.29, 1.82) is 0 Å². The fraction of sp³-hybridized carbons (Fsp3) is 0.270. The van der Waals surface area contributed by atoms with Crippen LogP contribution in [0, 0.1) is 0 Å². The Labute approximate surface area is 264 Å². The molecule has 1 N–H and O–H groups in total. The Morgan fingerprint density at radius 2 is 1.51 bits per heavy atom. The normalized spacial score (nSPS) is 11.3. The van der Waals surface area contributed by atoms with Gasteiger partial charge in [-0.15, -0.1) is 0 Å². The Hall–Kier alpha value is -5.11. The first-order valence-corrected chi connectivity index (χ1v) is 15.1. The zero-order valence-corrected chi connectivity index (χ0v) is 26.0. The van der Waals surface area contributed by atoms with Gasteiger partial charge in [0.05, 0.1) is 26.5 Å². The Morgan fingerprint density at radius 1 is 0.822 bits per heavy atom. The first-order valence-electron chi connectivity index (χ1n) is 15.1. The largest absolute Gasteiger partial charge is 0.495 e. The molecule has 8 heteroatoms. The molecule has 1 amide bonds. The molecule has 45 heavy (non-hydrogen) atoms. The standard InChI is InChI=1S/C37H40N2O6/c1-4-13-35(40)39(33-18-10-11-19-34(33)43-2)24-12-25-45-29-22-20-27(21-23-29)26-32(37(42)44-3)38-31-17-9-8-16-30(31)36(41)28-14-6-5-7-15-28/h5-11,14-23,32,38H,4,12-13,24-26H2,1-3H3. The minimum Gasteiger partial charge on any atom is -0.495 e. The summed E-state index contributed by atoms with van der Waals surface area (Å²) in [5.41, 5.74) is 3.24. The van der Waals surface area contributed by atoms with Crippen LogP contribution >= 0.6 is 0 Å². The quantitative estimate of drug-likeness (QED) is 0.0857. The number of ketones is 1. The van der Waals surface area contributed by atoms with Crippen LogP contribution in [0.25, 0.3) is 0 Å². The lowest BCUT2D eigenvalue weighted by molar-refractivity contribution is -0.141. The molecule has 0 aliphatic carbocycles. The van der Waals surface area contributed by atoms with E-state index < -0.39 is 12.0 Å². The maximum Gasteiger partial charge on any atom is 0.328 e. The molecule has 0 aliphatic heterocycles. The van der Waals surface area contributed by atoms with Crippen LogP contribution in [0.5, 0.6) is 11.5 Å². The van der Waals surface area contributed by atoms with Gasteiger partial charge in [-0.1, -0.05) is 73.7 Å². The smallest absolute Gasteiger partial charge is 0.328 e. The number of nitrogens with one attached hydrogen (secondary N) is 1. The van der Waals surface area contributed by atoms with E-state index in [0.29, 0.717) is 60.7 Å². The molecule has 0 fully saturated rings. The second-order valence-corrected chi connectivity index (χ2v) is 10.5. The number of nitrogens with zero attached hydrogens (tertiary/aromatic N) is 1. The van der Waals surface area contributed by atoms with Crippen LogP contribution in [-0.2, 0) is 20.7 Å². The summed E-state index contributed by atoms with van der Waals surface area (Å²) in [4.78, 5) is 40.6. The van der Waals surface area contributed by atoms with Gasteiger partial charge in [0.1, 0.15) is 17.5 Å². The number of anilines is 2. The fourth-order valence-corrected chi connectivity index (χ4v) is 5.03. The lowest BCUT2D eigenvalue weighted by Crippen LogP contribution is -2.33. The van der Waals surface area contributed by atoms with Crippen LogP contribution in [0.2, 0.25) is 0 Å². The lowest BCUT2D eigenvalue weighted by Gasteiger charge is -2.24. The van der Waals surface area contributed by atoms with E-state index >= 15 is 0 Å². The van der Waals surface area contributed by atoms with Crippen molar-refractivity contribution in [2.45, 2.75) is 38.6 Å². The zero-order valence-electron chi connectivity index (χ0n) is 26.0. The monoisotopic (exact) mass is 608 g/mol. The Balaban J connectivity index is 1.37. The summed E-state index contributed by atoms with van der Waals surface area (Å²) >= 11 is 0. The van der Waals surface area contributed by atoms with E-state index in [0.717, 1.165) is 17.7 Å². The molecular weight excluding hydrogens is 568 g/mol. The average Bonchev–Trinajstić information content (AvgIpc) is 3.08. The molecule has 1 unspecified atom stereocenters. The minimum atomic E-state index is -0.715. The second-order valence-electron chi connectivity index (χ2n) is 10.5. The highest BCUT2D eigenvalue weighted by Gasteiger charge is 2.23. The van der Waals surface area contributed by atoms with E-state index in [4.69, 9.17) is 14.2 Å². The number of esters is 1. The zero-order chi connectivity index (χ0) is 32.0. The van der Waals surface area contributed by atoms with Gasteiger partial charge in [0.25, 0.3) is 0 Å². The molecule has 0 bridgehead atoms. The topological polar surface area (TPSA) is 94.2 Å². The molecule has 0 heterocycles. The summed E-state index contributed by atoms with van der Waals surface area (Å²) in [5, 5.41) is 3.24. The van der Waals surface area contributed by atoms with Crippen molar-refractivity contribution in [3.8, 4) is 11.5 Å². The molecular formula is C37H40N2O6. The Bertz CT molecular complexity index is 1550. The molecule has 0 saturated heterocycles. The number of benzene rings is 4. The van der Waals surface area contributed by atoms with Crippen molar-refractivity contribution in [2.75, 3.05) is 37.6 Å². The van der Waals surface area contributed by atoms with E-state index in [1.165, 1.54) is 7.11 Å². The first kappa shape index (κ1) is 32.8. The minimum absolute atomic E-state index is 0.0483. The van der Waals surface area contributed by atoms with E-state index in [9.17, 15) is 14.4 Å². The molecule has 0 aromatic heterocycles. The van der Waals surface area contributed by atoms with E-state index in [2.05, 4.69) is 5.32 Å². The number of carbonyl (C=O) groups is 3. The van der Waals surface area contributed by atoms with Crippen LogP contribution in [0.1, 0.15) is 47.7 Å². The van der Waals surface area contributed by atoms with Gasteiger partial charge in [-0.05, 0) is 54.8 Å². The molecule has 0 saturated carbocycles. The Morgan fingerprint density at radius 3 is 2.22 bits per heavy atom. The third-order valence-corrected chi connectivity index (χ3v) is 7.32. The number of methoxy groups -OCH3 is 2. The van der Waals surface area contributed by atoms with Crippen LogP contribution in [0.15, 0.2) is 103 Å². The van der Waals surface area contributed by atoms with E-state index in [-0.39, 0.29) is 11.7 Å². The number of rotatable bonds is 16. The number of amides is 1. The SMILES string of the molecule is CCCC(=O)N(CCCOc1ccc(CC(Nc2ccccc2C(=O)c2ccccc2)C(=O)OC)cc1)c1ccccc1OC. The van der Waals surface area contributed by atoms with E-state index in [1.54, 1.807) is 42.3 Å². The second kappa shape index (κ2) is 16.7. The third kappa shape index (κ3) is 8.95. The van der Waals surface area contributed by atoms with Crippen LogP contribution in [-0.4, -0.2) is 51.1 Å². The van der Waals surface area contributed by atoms with Gasteiger partial charge in [0, 0.05) is 36.2 Å². The van der Waals surface area contributed by atoms with Gasteiger partial charge in [0.2, 0.25) is 5.91 Å². The van der Waals surface area contributed by atoms with Crippen molar-refractivity contribution >= 4 is 29.0 Å². The van der Waals surface area contributed by atoms with Gasteiger partial charge in [-0.2, -0.15) is 0 Å². The van der Waals surface area contributed by atoms with Gasteiger partial charge in [-0.3, -0.25) is 9.59 Å². The lowest BCUT2D eigenvalue weighted by atomic mass is 10.00. The van der Waals surface area contributed by atoms with E-state index in [1.807, 2.05) is 79.7 Å². The molecule has 0 aliphatic rings. The number of ether oxygens (including phenoxy) is 3. The summed E-state index contributed by atoms with van der Waals surface area (Å²) in [6, 6.07) is 30.5. The summed E-state index contributed by atoms with van der Waals surface area (Å²) < 4.78 is 16.5. The van der Waals surface area contributed by atoms with Gasteiger partial charge in [-0.25, -0.2) is 4.79 Å². The van der Waals surface area contributed by atoms with Crippen LogP contribution < -0.4 is 19.7 Å². The predicted octanol–water partition coefficient (Wildman–Crippen LogP) is 6.72. The molecule has 4 rings (SSSR count). The molecule has 0 radical (unpaired) electrons. The van der Waals surface area contributed by atoms with Crippen molar-refractivity contribution in [1.82, 2.24) is 0 Å². The average molecular weight is 609 g/mol. The number of carbonyl (C=O) groups excluding carboxylic acids is 3. The summed E-state index contributed by atoms with van der Waals surface area (Å²) in [5.74, 6) is 0.819. The molecule has 8 nitrogen and oxygen atoms in total. The van der Waals surface area contributed by atoms with Crippen molar-refractivity contribution in [3.63, 3.8) is 0 Å². The van der Waals surface area contributed by atoms with Gasteiger partial charge >= 0.3 is 5.97 Å². The maximum atomic E-state index is 13.2. The molecule has 4 aromatic rings. The summed E-state index contributed by atoms with van der Waals surface area (Å²) in [6.45, 7) is 2.90. The number of hydrogen-bond acceptors (Lipinski definition) is 7. The fourth-order valence-electron chi connectivity index (χ4n) is 5.03. The summed E-state index contributed by atoms with van der Waals surface area (Å²) in [7, 11) is 2.95. The summed E-state index contributed by atoms with van der Waals surface area (Å²) in [6.07, 6.45) is 2.19. The molecule has 234 valence electrons.